The molecule has 1 aliphatic carbocycles. The number of rotatable bonds is 6. The van der Waals surface area contributed by atoms with E-state index in [1.165, 1.54) is 25.7 Å². The van der Waals surface area contributed by atoms with Crippen LogP contribution in [0, 0.1) is 5.92 Å². The Hall–Kier alpha value is -1.36. The average molecular weight is 336 g/mol. The molecule has 1 atom stereocenters. The molecule has 5 heteroatoms. The first kappa shape index (κ1) is 18.0. The van der Waals surface area contributed by atoms with E-state index in [4.69, 9.17) is 0 Å². The Kier molecular flexibility index (Phi) is 7.59. The van der Waals surface area contributed by atoms with Gasteiger partial charge >= 0.3 is 0 Å². The largest absolute Gasteiger partial charge is 0.357 e. The van der Waals surface area contributed by atoms with Crippen molar-refractivity contribution in [3.05, 3.63) is 30.3 Å². The molecule has 0 radical (unpaired) electrons. The van der Waals surface area contributed by atoms with Crippen molar-refractivity contribution in [2.45, 2.75) is 50.5 Å². The Bertz CT molecular complexity index is 510. The zero-order chi connectivity index (χ0) is 16.5. The first-order valence-electron chi connectivity index (χ1n) is 8.67. The number of guanidine groups is 1. The second-order valence-corrected chi connectivity index (χ2v) is 7.80. The molecule has 4 nitrogen and oxygen atoms in total. The van der Waals surface area contributed by atoms with E-state index in [1.54, 1.807) is 0 Å². The van der Waals surface area contributed by atoms with E-state index in [0.717, 1.165) is 23.3 Å². The highest BCUT2D eigenvalue weighted by atomic mass is 32.2. The second-order valence-electron chi connectivity index (χ2n) is 6.22. The van der Waals surface area contributed by atoms with Gasteiger partial charge in [0, 0.05) is 23.2 Å². The summed E-state index contributed by atoms with van der Waals surface area (Å²) in [6, 6.07) is 10.1. The van der Waals surface area contributed by atoms with Crippen molar-refractivity contribution in [1.29, 1.82) is 0 Å². The summed E-state index contributed by atoms with van der Waals surface area (Å²) in [5, 5.41) is 6.83. The van der Waals surface area contributed by atoms with E-state index < -0.39 is 10.8 Å². The van der Waals surface area contributed by atoms with Crippen LogP contribution in [0.5, 0.6) is 0 Å². The number of nitrogens with zero attached hydrogens (tertiary/aromatic N) is 1. The van der Waals surface area contributed by atoms with Crippen LogP contribution in [0.2, 0.25) is 0 Å². The third kappa shape index (κ3) is 6.34. The van der Waals surface area contributed by atoms with Crippen molar-refractivity contribution >= 4 is 16.8 Å². The molecule has 23 heavy (non-hydrogen) atoms. The Morgan fingerprint density at radius 2 is 1.91 bits per heavy atom. The maximum absolute atomic E-state index is 12.2. The zero-order valence-corrected chi connectivity index (χ0v) is 15.1. The van der Waals surface area contributed by atoms with Crippen molar-refractivity contribution in [3.63, 3.8) is 0 Å². The van der Waals surface area contributed by atoms with Gasteiger partial charge in [0.2, 0.25) is 0 Å². The summed E-state index contributed by atoms with van der Waals surface area (Å²) in [6.45, 7) is 5.81. The van der Waals surface area contributed by atoms with Crippen LogP contribution in [0.3, 0.4) is 0 Å². The minimum atomic E-state index is -0.978. The maximum Gasteiger partial charge on any atom is 0.191 e. The molecule has 0 heterocycles. The first-order chi connectivity index (χ1) is 11.2. The van der Waals surface area contributed by atoms with Crippen LogP contribution >= 0.6 is 0 Å². The summed E-state index contributed by atoms with van der Waals surface area (Å²) in [5.41, 5.74) is 0. The molecular formula is C18H29N3OS. The first-order valence-corrected chi connectivity index (χ1v) is 9.99. The van der Waals surface area contributed by atoms with Gasteiger partial charge in [-0.3, -0.25) is 9.20 Å². The van der Waals surface area contributed by atoms with Crippen LogP contribution in [0.15, 0.2) is 40.2 Å². The van der Waals surface area contributed by atoms with E-state index >= 15 is 0 Å². The normalized spacial score (nSPS) is 23.3. The van der Waals surface area contributed by atoms with Crippen LogP contribution in [-0.4, -0.2) is 35.1 Å². The number of hydrogen-bond acceptors (Lipinski definition) is 2. The second kappa shape index (κ2) is 9.71. The van der Waals surface area contributed by atoms with E-state index in [2.05, 4.69) is 29.5 Å². The Morgan fingerprint density at radius 1 is 1.22 bits per heavy atom. The van der Waals surface area contributed by atoms with Gasteiger partial charge in [0.05, 0.1) is 17.3 Å². The van der Waals surface area contributed by atoms with Gasteiger partial charge in [-0.15, -0.1) is 0 Å². The van der Waals surface area contributed by atoms with Gasteiger partial charge in [0.1, 0.15) is 0 Å². The third-order valence-electron chi connectivity index (χ3n) is 4.25. The van der Waals surface area contributed by atoms with Crippen LogP contribution < -0.4 is 10.6 Å². The zero-order valence-electron chi connectivity index (χ0n) is 14.3. The van der Waals surface area contributed by atoms with Gasteiger partial charge in [0.25, 0.3) is 0 Å². The Morgan fingerprint density at radius 3 is 2.57 bits per heavy atom. The maximum atomic E-state index is 12.2. The number of aliphatic imine (C=N–C) groups is 1. The fraction of sp³-hybridized carbons (Fsp3) is 0.611. The van der Waals surface area contributed by atoms with Gasteiger partial charge in [0.15, 0.2) is 5.96 Å². The molecule has 0 spiro atoms. The summed E-state index contributed by atoms with van der Waals surface area (Å²) in [6.07, 6.45) is 4.99. The molecule has 1 aromatic rings. The highest BCUT2D eigenvalue weighted by Crippen LogP contribution is 2.23. The molecule has 1 aliphatic rings. The monoisotopic (exact) mass is 335 g/mol. The van der Waals surface area contributed by atoms with Crippen LogP contribution in [0.25, 0.3) is 0 Å². The molecular weight excluding hydrogens is 306 g/mol. The van der Waals surface area contributed by atoms with Gasteiger partial charge < -0.3 is 10.6 Å². The van der Waals surface area contributed by atoms with E-state index in [-0.39, 0.29) is 0 Å². The van der Waals surface area contributed by atoms with Crippen molar-refractivity contribution in [2.75, 3.05) is 18.8 Å². The lowest BCUT2D eigenvalue weighted by Gasteiger charge is -2.28. The molecule has 2 N–H and O–H groups in total. The molecule has 1 saturated carbocycles. The molecule has 0 saturated heterocycles. The summed E-state index contributed by atoms with van der Waals surface area (Å²) < 4.78 is 12.2. The summed E-state index contributed by atoms with van der Waals surface area (Å²) >= 11 is 0. The molecule has 1 unspecified atom stereocenters. The predicted octanol–water partition coefficient (Wildman–Crippen LogP) is 2.93. The SMILES string of the molecule is CCNC(=NCCS(=O)c1ccccc1)NC1CCC(C)CC1. The summed E-state index contributed by atoms with van der Waals surface area (Å²) in [4.78, 5) is 5.47. The molecule has 1 fully saturated rings. The fourth-order valence-corrected chi connectivity index (χ4v) is 3.80. The highest BCUT2D eigenvalue weighted by Gasteiger charge is 2.18. The third-order valence-corrected chi connectivity index (χ3v) is 5.60. The van der Waals surface area contributed by atoms with Crippen LogP contribution in [0.4, 0.5) is 0 Å². The summed E-state index contributed by atoms with van der Waals surface area (Å²) in [7, 11) is -0.978. The lowest BCUT2D eigenvalue weighted by atomic mass is 9.87. The Balaban J connectivity index is 1.82. The van der Waals surface area contributed by atoms with Crippen LogP contribution in [-0.2, 0) is 10.8 Å². The van der Waals surface area contributed by atoms with Crippen LogP contribution in [0.1, 0.15) is 39.5 Å². The highest BCUT2D eigenvalue weighted by molar-refractivity contribution is 7.85. The molecule has 128 valence electrons. The van der Waals surface area contributed by atoms with Gasteiger partial charge in [-0.25, -0.2) is 0 Å². The smallest absolute Gasteiger partial charge is 0.191 e. The Labute approximate surface area is 142 Å². The molecule has 2 rings (SSSR count). The number of hydrogen-bond donors (Lipinski definition) is 2. The molecule has 0 bridgehead atoms. The molecule has 1 aromatic carbocycles. The topological polar surface area (TPSA) is 53.5 Å². The van der Waals surface area contributed by atoms with Crippen molar-refractivity contribution in [2.24, 2.45) is 10.9 Å². The van der Waals surface area contributed by atoms with Gasteiger partial charge in [-0.1, -0.05) is 25.1 Å². The fourth-order valence-electron chi connectivity index (χ4n) is 2.85. The lowest BCUT2D eigenvalue weighted by molar-refractivity contribution is 0.329. The minimum Gasteiger partial charge on any atom is -0.357 e. The standard InChI is InChI=1S/C18H29N3OS/c1-3-19-18(21-16-11-9-15(2)10-12-16)20-13-14-23(22)17-7-5-4-6-8-17/h4-8,15-16H,3,9-14H2,1-2H3,(H2,19,20,21). The quantitative estimate of drug-likeness (QED) is 0.621. The van der Waals surface area contributed by atoms with E-state index in [9.17, 15) is 4.21 Å². The summed E-state index contributed by atoms with van der Waals surface area (Å²) in [5.74, 6) is 2.26. The van der Waals surface area contributed by atoms with Crippen molar-refractivity contribution in [3.8, 4) is 0 Å². The van der Waals surface area contributed by atoms with E-state index in [0.29, 0.717) is 18.3 Å². The lowest BCUT2D eigenvalue weighted by Crippen LogP contribution is -2.44. The number of benzene rings is 1. The molecule has 0 aromatic heterocycles. The number of nitrogens with one attached hydrogen (secondary N) is 2. The van der Waals surface area contributed by atoms with E-state index in [1.807, 2.05) is 30.3 Å². The minimum absolute atomic E-state index is 0.517. The van der Waals surface area contributed by atoms with Gasteiger partial charge in [-0.2, -0.15) is 0 Å². The molecule has 0 amide bonds. The average Bonchev–Trinajstić information content (AvgIpc) is 2.58. The van der Waals surface area contributed by atoms with Gasteiger partial charge in [-0.05, 0) is 50.7 Å². The van der Waals surface area contributed by atoms with Crippen molar-refractivity contribution in [1.82, 2.24) is 10.6 Å². The predicted molar refractivity (Wildman–Crippen MR) is 98.3 cm³/mol. The molecule has 0 aliphatic heterocycles. The van der Waals surface area contributed by atoms with Crippen molar-refractivity contribution < 1.29 is 4.21 Å².